The number of carbonyl (C=O) groups excluding carboxylic acids is 1. The Morgan fingerprint density at radius 3 is 2.36 bits per heavy atom. The summed E-state index contributed by atoms with van der Waals surface area (Å²) >= 11 is 0. The van der Waals surface area contributed by atoms with Crippen molar-refractivity contribution < 1.29 is 31.1 Å². The maximum absolute atomic E-state index is 14.0. The molecule has 0 unspecified atom stereocenters. The van der Waals surface area contributed by atoms with Crippen LogP contribution in [0.15, 0.2) is 42.5 Å². The number of halogens is 7. The summed E-state index contributed by atoms with van der Waals surface area (Å²) < 4.78 is 81.8. The number of hydrogen-bond acceptors (Lipinski definition) is 4. The Balaban J connectivity index is 0.00000361. The van der Waals surface area contributed by atoms with Crippen molar-refractivity contribution in [2.75, 3.05) is 6.54 Å². The average Bonchev–Trinajstić information content (AvgIpc) is 3.23. The second-order valence-electron chi connectivity index (χ2n) is 8.35. The first-order valence-electron chi connectivity index (χ1n) is 10.8. The van der Waals surface area contributed by atoms with E-state index in [1.165, 1.54) is 4.90 Å². The molecule has 0 fully saturated rings. The minimum atomic E-state index is -4.70. The van der Waals surface area contributed by atoms with Crippen LogP contribution in [0.4, 0.5) is 26.3 Å². The number of rotatable bonds is 6. The molecule has 194 valence electrons. The van der Waals surface area contributed by atoms with Crippen molar-refractivity contribution in [1.82, 2.24) is 19.7 Å². The molecule has 4 rings (SSSR count). The highest BCUT2D eigenvalue weighted by Gasteiger charge is 2.42. The molecule has 1 amide bonds. The van der Waals surface area contributed by atoms with E-state index in [4.69, 9.17) is 5.73 Å². The Morgan fingerprint density at radius 2 is 1.69 bits per heavy atom. The third-order valence-corrected chi connectivity index (χ3v) is 5.87. The molecule has 2 N–H and O–H groups in total. The second-order valence-corrected chi connectivity index (χ2v) is 8.35. The van der Waals surface area contributed by atoms with E-state index in [0.29, 0.717) is 12.1 Å². The van der Waals surface area contributed by atoms with Crippen molar-refractivity contribution in [2.24, 2.45) is 5.73 Å². The molecular formula is C23H22ClF6N5O. The van der Waals surface area contributed by atoms with Gasteiger partial charge in [-0.1, -0.05) is 30.3 Å². The van der Waals surface area contributed by atoms with E-state index >= 15 is 0 Å². The number of benzene rings is 2. The van der Waals surface area contributed by atoms with Gasteiger partial charge in [0, 0.05) is 38.0 Å². The highest BCUT2D eigenvalue weighted by Crippen LogP contribution is 2.34. The molecule has 2 heterocycles. The van der Waals surface area contributed by atoms with Crippen molar-refractivity contribution in [2.45, 2.75) is 44.1 Å². The zero-order valence-electron chi connectivity index (χ0n) is 18.7. The fraction of sp³-hybridized carbons (Fsp3) is 0.348. The first-order chi connectivity index (χ1) is 16.5. The zero-order valence-corrected chi connectivity index (χ0v) is 19.5. The summed E-state index contributed by atoms with van der Waals surface area (Å²) in [5, 5.41) is 7.06. The first-order valence-corrected chi connectivity index (χ1v) is 10.8. The van der Waals surface area contributed by atoms with Gasteiger partial charge in [-0.2, -0.15) is 13.2 Å². The van der Waals surface area contributed by atoms with Crippen LogP contribution in [-0.4, -0.2) is 38.2 Å². The van der Waals surface area contributed by atoms with Crippen LogP contribution in [0, 0.1) is 17.5 Å². The number of alkyl halides is 3. The molecule has 1 aliphatic heterocycles. The number of carbonyl (C=O) groups is 1. The van der Waals surface area contributed by atoms with E-state index in [1.54, 1.807) is 30.3 Å². The lowest BCUT2D eigenvalue weighted by Gasteiger charge is -2.36. The third kappa shape index (κ3) is 5.81. The maximum atomic E-state index is 14.0. The summed E-state index contributed by atoms with van der Waals surface area (Å²) in [7, 11) is 0. The van der Waals surface area contributed by atoms with Gasteiger partial charge in [0.2, 0.25) is 11.7 Å². The summed E-state index contributed by atoms with van der Waals surface area (Å²) in [5.41, 5.74) is 6.60. The van der Waals surface area contributed by atoms with Crippen LogP contribution < -0.4 is 5.73 Å². The number of fused-ring (bicyclic) bond motifs is 1. The second kappa shape index (κ2) is 10.9. The highest BCUT2D eigenvalue weighted by atomic mass is 35.5. The lowest BCUT2D eigenvalue weighted by Crippen LogP contribution is -2.45. The molecule has 0 aliphatic carbocycles. The minimum Gasteiger partial charge on any atom is -0.330 e. The van der Waals surface area contributed by atoms with Crippen molar-refractivity contribution in [1.29, 1.82) is 0 Å². The van der Waals surface area contributed by atoms with Crippen molar-refractivity contribution >= 4 is 18.3 Å². The molecule has 2 atom stereocenters. The number of nitrogens with zero attached hydrogens (tertiary/aromatic N) is 4. The highest BCUT2D eigenvalue weighted by molar-refractivity contribution is 5.85. The molecular weight excluding hydrogens is 512 g/mol. The lowest BCUT2D eigenvalue weighted by atomic mass is 9.99. The first kappa shape index (κ1) is 27.5. The fourth-order valence-corrected chi connectivity index (χ4v) is 4.25. The molecule has 1 aliphatic rings. The average molecular weight is 534 g/mol. The van der Waals surface area contributed by atoms with Gasteiger partial charge in [0.05, 0.1) is 6.04 Å². The summed E-state index contributed by atoms with van der Waals surface area (Å²) in [6, 6.07) is 8.19. The van der Waals surface area contributed by atoms with Crippen LogP contribution in [0.5, 0.6) is 0 Å². The number of hydrogen-bond donors (Lipinski definition) is 1. The number of amides is 1. The van der Waals surface area contributed by atoms with Gasteiger partial charge in [0.15, 0.2) is 17.5 Å². The van der Waals surface area contributed by atoms with E-state index in [1.807, 2.05) is 0 Å². The molecule has 1 aromatic heterocycles. The molecule has 0 saturated heterocycles. The Hall–Kier alpha value is -3.12. The minimum absolute atomic E-state index is 0. The van der Waals surface area contributed by atoms with Gasteiger partial charge in [0.25, 0.3) is 0 Å². The van der Waals surface area contributed by atoms with E-state index in [2.05, 4.69) is 10.2 Å². The van der Waals surface area contributed by atoms with Gasteiger partial charge < -0.3 is 15.2 Å². The topological polar surface area (TPSA) is 77.0 Å². The molecule has 0 radical (unpaired) electrons. The van der Waals surface area contributed by atoms with Crippen molar-refractivity contribution in [3.05, 3.63) is 82.7 Å². The van der Waals surface area contributed by atoms with Gasteiger partial charge in [-0.15, -0.1) is 22.6 Å². The quantitative estimate of drug-likeness (QED) is 0.380. The van der Waals surface area contributed by atoms with Crippen LogP contribution in [0.2, 0.25) is 0 Å². The summed E-state index contributed by atoms with van der Waals surface area (Å²) in [6.45, 7) is -0.210. The largest absolute Gasteiger partial charge is 0.451 e. The van der Waals surface area contributed by atoms with Gasteiger partial charge in [-0.3, -0.25) is 4.79 Å². The normalized spacial score (nSPS) is 16.3. The number of aromatic nitrogens is 3. The molecule has 0 saturated carbocycles. The van der Waals surface area contributed by atoms with Crippen molar-refractivity contribution in [3.8, 4) is 0 Å². The molecule has 3 aromatic rings. The molecule has 13 heteroatoms. The maximum Gasteiger partial charge on any atom is 0.451 e. The molecule has 0 bridgehead atoms. The van der Waals surface area contributed by atoms with E-state index in [0.717, 1.165) is 10.1 Å². The van der Waals surface area contributed by atoms with E-state index < -0.39 is 47.4 Å². The smallest absolute Gasteiger partial charge is 0.330 e. The van der Waals surface area contributed by atoms with E-state index in [9.17, 15) is 31.1 Å². The predicted molar refractivity (Wildman–Crippen MR) is 119 cm³/mol. The van der Waals surface area contributed by atoms with Gasteiger partial charge in [-0.05, 0) is 23.6 Å². The molecule has 0 spiro atoms. The summed E-state index contributed by atoms with van der Waals surface area (Å²) in [6.07, 6.45) is -5.04. The molecule has 36 heavy (non-hydrogen) atoms. The van der Waals surface area contributed by atoms with Crippen LogP contribution in [0.3, 0.4) is 0 Å². The fourth-order valence-electron chi connectivity index (χ4n) is 4.25. The standard InChI is InChI=1S/C23H21F6N5O.ClH/c24-16-12-18(26)17(25)10-14(16)9-15(30)11-20(35)33-6-7-34-21(31-32-22(34)23(27,28)29)19(33)8-13-4-2-1-3-5-13;/h1-5,10,12,15,19H,6-9,11,30H2;1H/t15-,19-;/m1./s1. The Kier molecular flexibility index (Phi) is 8.29. The van der Waals surface area contributed by atoms with Crippen LogP contribution in [0.1, 0.15) is 35.2 Å². The Labute approximate surface area is 208 Å². The Morgan fingerprint density at radius 1 is 1.03 bits per heavy atom. The Bertz CT molecular complexity index is 1220. The molecule has 2 aromatic carbocycles. The lowest BCUT2D eigenvalue weighted by molar-refractivity contribution is -0.148. The zero-order chi connectivity index (χ0) is 25.3. The third-order valence-electron chi connectivity index (χ3n) is 5.87. The number of nitrogens with two attached hydrogens (primary N) is 1. The van der Waals surface area contributed by atoms with E-state index in [-0.39, 0.29) is 56.1 Å². The van der Waals surface area contributed by atoms with Crippen LogP contribution in [0.25, 0.3) is 0 Å². The van der Waals surface area contributed by atoms with Crippen LogP contribution in [-0.2, 0) is 30.4 Å². The summed E-state index contributed by atoms with van der Waals surface area (Å²) in [4.78, 5) is 14.5. The SMILES string of the molecule is Cl.N[C@@H](CC(=O)N1CCn2c(nnc2C(F)(F)F)[C@H]1Cc1ccccc1)Cc1cc(F)c(F)cc1F. The van der Waals surface area contributed by atoms with Gasteiger partial charge >= 0.3 is 6.18 Å². The molecule has 6 nitrogen and oxygen atoms in total. The monoisotopic (exact) mass is 533 g/mol. The van der Waals surface area contributed by atoms with Gasteiger partial charge in [0.1, 0.15) is 5.82 Å². The predicted octanol–water partition coefficient (Wildman–Crippen LogP) is 4.22. The van der Waals surface area contributed by atoms with Gasteiger partial charge in [-0.25, -0.2) is 13.2 Å². The van der Waals surface area contributed by atoms with Crippen LogP contribution >= 0.6 is 12.4 Å². The summed E-state index contributed by atoms with van der Waals surface area (Å²) in [5.74, 6) is -5.18. The van der Waals surface area contributed by atoms with Crippen molar-refractivity contribution in [3.63, 3.8) is 0 Å².